The maximum absolute atomic E-state index is 6.45. The molecule has 0 atom stereocenters. The molecular weight excluding hydrogens is 488 g/mol. The second kappa shape index (κ2) is 9.25. The number of fused-ring (bicyclic) bond motifs is 3. The summed E-state index contributed by atoms with van der Waals surface area (Å²) < 4.78 is 2.08. The highest BCUT2D eigenvalue weighted by Gasteiger charge is 2.18. The minimum absolute atomic E-state index is 0.158. The average molecular weight is 509 g/mol. The van der Waals surface area contributed by atoms with Crippen LogP contribution in [0.15, 0.2) is 127 Å². The third-order valence-electron chi connectivity index (χ3n) is 6.81. The van der Waals surface area contributed by atoms with Gasteiger partial charge in [0.25, 0.3) is 0 Å². The Morgan fingerprint density at radius 3 is 1.42 bits per heavy atom. The predicted molar refractivity (Wildman–Crippen MR) is 155 cm³/mol. The Morgan fingerprint density at radius 1 is 0.447 bits per heavy atom. The van der Waals surface area contributed by atoms with Gasteiger partial charge in [-0.1, -0.05) is 103 Å². The summed E-state index contributed by atoms with van der Waals surface area (Å²) in [5.41, 5.74) is 7.55. The minimum Gasteiger partial charge on any atom is -0.278 e. The smallest absolute Gasteiger partial charge is 0.239 e. The van der Waals surface area contributed by atoms with Gasteiger partial charge in [-0.05, 0) is 58.1 Å². The van der Waals surface area contributed by atoms with E-state index >= 15 is 0 Å². The standard InChI is InChI=1S/C33H21ClN4/c34-32-35-31(24-14-8-3-9-15-24)36-33(37-32)38-29-18-16-25(22-10-4-1-5-11-22)20-27(29)28-21-26(17-19-30(28)38)23-12-6-2-7-13-23/h1-21H. The molecule has 180 valence electrons. The van der Waals surface area contributed by atoms with Gasteiger partial charge in [-0.3, -0.25) is 4.57 Å². The maximum Gasteiger partial charge on any atom is 0.239 e. The van der Waals surface area contributed by atoms with Crippen molar-refractivity contribution in [1.82, 2.24) is 19.5 Å². The van der Waals surface area contributed by atoms with E-state index in [4.69, 9.17) is 16.6 Å². The molecule has 5 aromatic carbocycles. The van der Waals surface area contributed by atoms with Crippen molar-refractivity contribution in [2.24, 2.45) is 0 Å². The van der Waals surface area contributed by atoms with E-state index in [0.29, 0.717) is 11.8 Å². The van der Waals surface area contributed by atoms with Crippen molar-refractivity contribution in [3.63, 3.8) is 0 Å². The Hall–Kier alpha value is -4.80. The molecule has 38 heavy (non-hydrogen) atoms. The summed E-state index contributed by atoms with van der Waals surface area (Å²) in [5, 5.41) is 2.40. The summed E-state index contributed by atoms with van der Waals surface area (Å²) in [5.74, 6) is 1.03. The molecule has 0 fully saturated rings. The van der Waals surface area contributed by atoms with Crippen LogP contribution in [0, 0.1) is 0 Å². The lowest BCUT2D eigenvalue weighted by atomic mass is 10.0. The van der Waals surface area contributed by atoms with Crippen LogP contribution in [0.1, 0.15) is 0 Å². The van der Waals surface area contributed by atoms with Crippen LogP contribution in [0.3, 0.4) is 0 Å². The van der Waals surface area contributed by atoms with E-state index in [1.54, 1.807) is 0 Å². The number of aromatic nitrogens is 4. The van der Waals surface area contributed by atoms with Crippen molar-refractivity contribution in [2.75, 3.05) is 0 Å². The Balaban J connectivity index is 1.51. The van der Waals surface area contributed by atoms with Crippen LogP contribution < -0.4 is 0 Å². The molecule has 0 N–H and O–H groups in total. The van der Waals surface area contributed by atoms with Crippen LogP contribution >= 0.6 is 11.6 Å². The van der Waals surface area contributed by atoms with E-state index in [9.17, 15) is 0 Å². The van der Waals surface area contributed by atoms with Crippen LogP contribution in [-0.4, -0.2) is 19.5 Å². The summed E-state index contributed by atoms with van der Waals surface area (Å²) in [7, 11) is 0. The van der Waals surface area contributed by atoms with E-state index in [1.807, 2.05) is 42.5 Å². The van der Waals surface area contributed by atoms with Crippen molar-refractivity contribution in [2.45, 2.75) is 0 Å². The predicted octanol–water partition coefficient (Wildman–Crippen LogP) is 8.62. The summed E-state index contributed by atoms with van der Waals surface area (Å²) >= 11 is 6.45. The highest BCUT2D eigenvalue weighted by atomic mass is 35.5. The number of rotatable bonds is 4. The van der Waals surface area contributed by atoms with Crippen LogP contribution in [0.5, 0.6) is 0 Å². The van der Waals surface area contributed by atoms with Gasteiger partial charge in [0.15, 0.2) is 5.82 Å². The Labute approximate surface area is 224 Å². The maximum atomic E-state index is 6.45. The van der Waals surface area contributed by atoms with E-state index in [-0.39, 0.29) is 5.28 Å². The molecule has 0 spiro atoms. The summed E-state index contributed by atoms with van der Waals surface area (Å²) in [4.78, 5) is 13.8. The largest absolute Gasteiger partial charge is 0.278 e. The first-order valence-electron chi connectivity index (χ1n) is 12.4. The normalized spacial score (nSPS) is 11.3. The molecule has 0 saturated heterocycles. The van der Waals surface area contributed by atoms with Crippen molar-refractivity contribution < 1.29 is 0 Å². The van der Waals surface area contributed by atoms with Gasteiger partial charge in [-0.15, -0.1) is 0 Å². The molecule has 0 aliphatic carbocycles. The van der Waals surface area contributed by atoms with Gasteiger partial charge in [0.2, 0.25) is 11.2 Å². The van der Waals surface area contributed by atoms with Crippen LogP contribution in [0.2, 0.25) is 5.28 Å². The fraction of sp³-hybridized carbons (Fsp3) is 0. The zero-order valence-electron chi connectivity index (χ0n) is 20.3. The number of hydrogen-bond acceptors (Lipinski definition) is 3. The highest BCUT2D eigenvalue weighted by Crippen LogP contribution is 2.36. The molecule has 4 nitrogen and oxygen atoms in total. The number of nitrogens with zero attached hydrogens (tertiary/aromatic N) is 4. The molecule has 0 bridgehead atoms. The SMILES string of the molecule is Clc1nc(-c2ccccc2)nc(-n2c3ccc(-c4ccccc4)cc3c3cc(-c4ccccc4)ccc32)n1. The number of halogens is 1. The lowest BCUT2D eigenvalue weighted by Gasteiger charge is -2.09. The minimum atomic E-state index is 0.158. The fourth-order valence-corrected chi connectivity index (χ4v) is 5.17. The molecular formula is C33H21ClN4. The molecule has 0 amide bonds. The van der Waals surface area contributed by atoms with Gasteiger partial charge >= 0.3 is 0 Å². The molecule has 2 heterocycles. The van der Waals surface area contributed by atoms with E-state index in [1.165, 1.54) is 11.1 Å². The summed E-state index contributed by atoms with van der Waals surface area (Å²) in [6.45, 7) is 0. The van der Waals surface area contributed by atoms with E-state index in [2.05, 4.69) is 99.5 Å². The Bertz CT molecular complexity index is 1820. The van der Waals surface area contributed by atoms with Gasteiger partial charge in [0.1, 0.15) is 0 Å². The third kappa shape index (κ3) is 3.92. The first kappa shape index (κ1) is 22.4. The lowest BCUT2D eigenvalue weighted by Crippen LogP contribution is -2.04. The first-order valence-corrected chi connectivity index (χ1v) is 12.8. The zero-order valence-corrected chi connectivity index (χ0v) is 21.0. The van der Waals surface area contributed by atoms with Crippen molar-refractivity contribution in [1.29, 1.82) is 0 Å². The third-order valence-corrected chi connectivity index (χ3v) is 6.98. The van der Waals surface area contributed by atoms with Gasteiger partial charge in [0.05, 0.1) is 11.0 Å². The van der Waals surface area contributed by atoms with E-state index < -0.39 is 0 Å². The monoisotopic (exact) mass is 508 g/mol. The molecule has 7 aromatic rings. The van der Waals surface area contributed by atoms with Gasteiger partial charge in [-0.2, -0.15) is 15.0 Å². The lowest BCUT2D eigenvalue weighted by molar-refractivity contribution is 0.947. The molecule has 5 heteroatoms. The summed E-state index contributed by atoms with van der Waals surface area (Å²) in [6.07, 6.45) is 0. The quantitative estimate of drug-likeness (QED) is 0.239. The molecule has 0 radical (unpaired) electrons. The molecule has 0 unspecified atom stereocenters. The second-order valence-electron chi connectivity index (χ2n) is 9.13. The topological polar surface area (TPSA) is 43.6 Å². The summed E-state index contributed by atoms with van der Waals surface area (Å²) in [6, 6.07) is 43.8. The van der Waals surface area contributed by atoms with Gasteiger partial charge in [0, 0.05) is 16.3 Å². The highest BCUT2D eigenvalue weighted by molar-refractivity contribution is 6.28. The van der Waals surface area contributed by atoms with Crippen LogP contribution in [0.25, 0.3) is 61.4 Å². The average Bonchev–Trinajstić information content (AvgIpc) is 3.31. The van der Waals surface area contributed by atoms with E-state index in [0.717, 1.165) is 38.5 Å². The Kier molecular flexibility index (Phi) is 5.46. The second-order valence-corrected chi connectivity index (χ2v) is 9.46. The van der Waals surface area contributed by atoms with Crippen LogP contribution in [-0.2, 0) is 0 Å². The van der Waals surface area contributed by atoms with Crippen molar-refractivity contribution >= 4 is 33.4 Å². The molecule has 0 aliphatic rings. The molecule has 2 aromatic heterocycles. The van der Waals surface area contributed by atoms with Crippen molar-refractivity contribution in [3.05, 3.63) is 133 Å². The zero-order chi connectivity index (χ0) is 25.5. The number of benzene rings is 5. The molecule has 0 aliphatic heterocycles. The fourth-order valence-electron chi connectivity index (χ4n) is 5.02. The van der Waals surface area contributed by atoms with Gasteiger partial charge < -0.3 is 0 Å². The number of hydrogen-bond donors (Lipinski definition) is 0. The molecule has 7 rings (SSSR count). The van der Waals surface area contributed by atoms with Gasteiger partial charge in [-0.25, -0.2) is 0 Å². The Morgan fingerprint density at radius 2 is 0.921 bits per heavy atom. The molecule has 0 saturated carbocycles. The van der Waals surface area contributed by atoms with Crippen molar-refractivity contribution in [3.8, 4) is 39.6 Å². The van der Waals surface area contributed by atoms with Crippen LogP contribution in [0.4, 0.5) is 0 Å². The first-order chi connectivity index (χ1) is 18.7.